The smallest absolute Gasteiger partial charge is 0.224 e. The molecule has 5 rings (SSSR count). The van der Waals surface area contributed by atoms with Crippen LogP contribution in [0.1, 0.15) is 35.8 Å². The summed E-state index contributed by atoms with van der Waals surface area (Å²) in [5.74, 6) is 0.341. The van der Waals surface area contributed by atoms with Gasteiger partial charge >= 0.3 is 0 Å². The van der Waals surface area contributed by atoms with Gasteiger partial charge in [-0.1, -0.05) is 54.6 Å². The van der Waals surface area contributed by atoms with Gasteiger partial charge < -0.3 is 10.2 Å². The van der Waals surface area contributed by atoms with Gasteiger partial charge in [-0.15, -0.1) is 11.3 Å². The number of rotatable bonds is 8. The maximum Gasteiger partial charge on any atom is 0.224 e. The molecule has 1 aromatic heterocycles. The first kappa shape index (κ1) is 23.2. The zero-order valence-corrected chi connectivity index (χ0v) is 20.6. The van der Waals surface area contributed by atoms with E-state index in [4.69, 9.17) is 4.98 Å². The van der Waals surface area contributed by atoms with Crippen LogP contribution in [0, 0.1) is 5.92 Å². The van der Waals surface area contributed by atoms with E-state index in [1.54, 1.807) is 11.3 Å². The molecule has 34 heavy (non-hydrogen) atoms. The molecule has 6 heteroatoms. The number of aromatic nitrogens is 1. The molecule has 2 aliphatic rings. The van der Waals surface area contributed by atoms with Crippen molar-refractivity contribution < 1.29 is 4.79 Å². The average Bonchev–Trinajstić information content (AvgIpc) is 3.32. The quantitative estimate of drug-likeness (QED) is 0.381. The van der Waals surface area contributed by atoms with Crippen molar-refractivity contribution in [2.45, 2.75) is 31.7 Å². The van der Waals surface area contributed by atoms with Crippen molar-refractivity contribution in [3.8, 4) is 0 Å². The van der Waals surface area contributed by atoms with Crippen molar-refractivity contribution >= 4 is 27.5 Å². The second-order valence-corrected chi connectivity index (χ2v) is 10.5. The van der Waals surface area contributed by atoms with Crippen LogP contribution in [0.15, 0.2) is 66.7 Å². The van der Waals surface area contributed by atoms with E-state index in [1.807, 2.05) is 6.07 Å². The molecular weight excluding hydrogens is 440 g/mol. The standard InChI is InChI=1S/C28H34N4OS/c33-27(23-11-4-5-12-24(23)28-30-25-13-6-7-14-26(25)34-28)29-15-8-16-31-17-19-32(20-18-31)21-22-9-2-1-3-10-22/h1-7,9-10,13-14,23-24H,8,11-12,15-21H2,(H,29,33). The predicted molar refractivity (Wildman–Crippen MR) is 140 cm³/mol. The summed E-state index contributed by atoms with van der Waals surface area (Å²) in [4.78, 5) is 23.0. The molecule has 3 aromatic rings. The summed E-state index contributed by atoms with van der Waals surface area (Å²) in [6.45, 7) is 7.26. The third-order valence-electron chi connectivity index (χ3n) is 7.06. The zero-order chi connectivity index (χ0) is 23.2. The van der Waals surface area contributed by atoms with Crippen LogP contribution >= 0.6 is 11.3 Å². The van der Waals surface area contributed by atoms with E-state index in [-0.39, 0.29) is 17.7 Å². The van der Waals surface area contributed by atoms with E-state index in [2.05, 4.69) is 75.8 Å². The number of carbonyl (C=O) groups excluding carboxylic acids is 1. The van der Waals surface area contributed by atoms with Gasteiger partial charge in [-0.3, -0.25) is 9.69 Å². The highest BCUT2D eigenvalue weighted by molar-refractivity contribution is 7.18. The molecule has 1 amide bonds. The van der Waals surface area contributed by atoms with E-state index >= 15 is 0 Å². The molecule has 1 N–H and O–H groups in total. The lowest BCUT2D eigenvalue weighted by Crippen LogP contribution is -2.46. The number of allylic oxidation sites excluding steroid dienone is 2. The van der Waals surface area contributed by atoms with Gasteiger partial charge in [0.2, 0.25) is 5.91 Å². The molecule has 0 spiro atoms. The molecule has 2 atom stereocenters. The molecule has 178 valence electrons. The second kappa shape index (κ2) is 11.3. The van der Waals surface area contributed by atoms with Crippen LogP contribution in [0.3, 0.4) is 0 Å². The first-order valence-electron chi connectivity index (χ1n) is 12.5. The minimum absolute atomic E-state index is 0.0212. The maximum atomic E-state index is 13.1. The number of fused-ring (bicyclic) bond motifs is 1. The summed E-state index contributed by atoms with van der Waals surface area (Å²) < 4.78 is 1.20. The number of carbonyl (C=O) groups is 1. The third kappa shape index (κ3) is 5.74. The van der Waals surface area contributed by atoms with Crippen LogP contribution in [0.2, 0.25) is 0 Å². The summed E-state index contributed by atoms with van der Waals surface area (Å²) in [5.41, 5.74) is 2.43. The van der Waals surface area contributed by atoms with E-state index in [1.165, 1.54) is 10.3 Å². The number of hydrogen-bond donors (Lipinski definition) is 1. The first-order valence-corrected chi connectivity index (χ1v) is 13.3. The van der Waals surface area contributed by atoms with Gasteiger partial charge in [0.05, 0.1) is 21.1 Å². The van der Waals surface area contributed by atoms with Gasteiger partial charge in [0.1, 0.15) is 0 Å². The molecule has 1 saturated heterocycles. The largest absolute Gasteiger partial charge is 0.356 e. The third-order valence-corrected chi connectivity index (χ3v) is 8.23. The van der Waals surface area contributed by atoms with Crippen molar-refractivity contribution in [1.82, 2.24) is 20.1 Å². The summed E-state index contributed by atoms with van der Waals surface area (Å²) in [5, 5.41) is 4.33. The van der Waals surface area contributed by atoms with Gasteiger partial charge in [0, 0.05) is 45.2 Å². The fraction of sp³-hybridized carbons (Fsp3) is 0.429. The first-order chi connectivity index (χ1) is 16.8. The van der Waals surface area contributed by atoms with Crippen LogP contribution in [-0.2, 0) is 11.3 Å². The lowest BCUT2D eigenvalue weighted by atomic mass is 9.82. The summed E-state index contributed by atoms with van der Waals surface area (Å²) in [6.07, 6.45) is 7.06. The minimum atomic E-state index is -0.0212. The van der Waals surface area contributed by atoms with E-state index in [0.29, 0.717) is 0 Å². The monoisotopic (exact) mass is 474 g/mol. The van der Waals surface area contributed by atoms with Crippen LogP contribution in [-0.4, -0.2) is 60.0 Å². The number of nitrogens with one attached hydrogen (secondary N) is 1. The Bertz CT molecular complexity index is 1070. The van der Waals surface area contributed by atoms with E-state index in [9.17, 15) is 4.79 Å². The lowest BCUT2D eigenvalue weighted by Gasteiger charge is -2.34. The Morgan fingerprint density at radius 1 is 0.941 bits per heavy atom. The summed E-state index contributed by atoms with van der Waals surface area (Å²) in [7, 11) is 0. The summed E-state index contributed by atoms with van der Waals surface area (Å²) in [6, 6.07) is 19.0. The molecule has 2 aromatic carbocycles. The molecule has 0 radical (unpaired) electrons. The Labute approximate surface area is 206 Å². The molecule has 2 heterocycles. The van der Waals surface area contributed by atoms with Gasteiger partial charge in [-0.2, -0.15) is 0 Å². The second-order valence-electron chi connectivity index (χ2n) is 9.42. The number of piperazine rings is 1. The van der Waals surface area contributed by atoms with Crippen molar-refractivity contribution in [2.24, 2.45) is 5.92 Å². The van der Waals surface area contributed by atoms with Crippen molar-refractivity contribution in [2.75, 3.05) is 39.3 Å². The molecular formula is C28H34N4OS. The van der Waals surface area contributed by atoms with Crippen molar-refractivity contribution in [3.05, 3.63) is 77.3 Å². The number of amides is 1. The molecule has 1 aliphatic heterocycles. The lowest BCUT2D eigenvalue weighted by molar-refractivity contribution is -0.125. The highest BCUT2D eigenvalue weighted by Gasteiger charge is 2.32. The van der Waals surface area contributed by atoms with Crippen molar-refractivity contribution in [3.63, 3.8) is 0 Å². The number of benzene rings is 2. The van der Waals surface area contributed by atoms with Gasteiger partial charge in [-0.05, 0) is 43.5 Å². The van der Waals surface area contributed by atoms with Crippen LogP contribution in [0.5, 0.6) is 0 Å². The van der Waals surface area contributed by atoms with Gasteiger partial charge in [-0.25, -0.2) is 4.98 Å². The average molecular weight is 475 g/mol. The Hall–Kier alpha value is -2.54. The number of hydrogen-bond acceptors (Lipinski definition) is 5. The molecule has 0 saturated carbocycles. The molecule has 5 nitrogen and oxygen atoms in total. The molecule has 2 unspecified atom stereocenters. The van der Waals surface area contributed by atoms with Crippen LogP contribution in [0.4, 0.5) is 0 Å². The Kier molecular flexibility index (Phi) is 7.69. The van der Waals surface area contributed by atoms with Gasteiger partial charge in [0.25, 0.3) is 0 Å². The van der Waals surface area contributed by atoms with Crippen molar-refractivity contribution in [1.29, 1.82) is 0 Å². The number of para-hydroxylation sites is 1. The SMILES string of the molecule is O=C(NCCCN1CCN(Cc2ccccc2)CC1)C1CC=CCC1c1nc2ccccc2s1. The molecule has 0 bridgehead atoms. The highest BCUT2D eigenvalue weighted by Crippen LogP contribution is 2.38. The maximum absolute atomic E-state index is 13.1. The zero-order valence-electron chi connectivity index (χ0n) is 19.7. The normalized spacial score (nSPS) is 21.6. The van der Waals surface area contributed by atoms with E-state index < -0.39 is 0 Å². The topological polar surface area (TPSA) is 48.5 Å². The fourth-order valence-corrected chi connectivity index (χ4v) is 6.23. The van der Waals surface area contributed by atoms with Crippen LogP contribution in [0.25, 0.3) is 10.2 Å². The minimum Gasteiger partial charge on any atom is -0.356 e. The Morgan fingerprint density at radius 3 is 2.50 bits per heavy atom. The Morgan fingerprint density at radius 2 is 1.68 bits per heavy atom. The number of thiazole rings is 1. The predicted octanol–water partition coefficient (Wildman–Crippen LogP) is 4.67. The van der Waals surface area contributed by atoms with E-state index in [0.717, 1.165) is 75.6 Å². The Balaban J connectivity index is 1.06. The highest BCUT2D eigenvalue weighted by atomic mass is 32.1. The fourth-order valence-electron chi connectivity index (χ4n) is 5.08. The van der Waals surface area contributed by atoms with Gasteiger partial charge in [0.15, 0.2) is 0 Å². The molecule has 1 aliphatic carbocycles. The summed E-state index contributed by atoms with van der Waals surface area (Å²) >= 11 is 1.74. The van der Waals surface area contributed by atoms with Crippen LogP contribution < -0.4 is 5.32 Å². The number of nitrogens with zero attached hydrogens (tertiary/aromatic N) is 3. The molecule has 1 fully saturated rings.